The second-order valence-electron chi connectivity index (χ2n) is 7.76. The molecule has 0 radical (unpaired) electrons. The lowest BCUT2D eigenvalue weighted by Crippen LogP contribution is -2.35. The van der Waals surface area contributed by atoms with Crippen molar-refractivity contribution in [2.75, 3.05) is 39.9 Å². The molecule has 1 aromatic carbocycles. The van der Waals surface area contributed by atoms with Gasteiger partial charge in [-0.15, -0.1) is 0 Å². The number of nitrogens with zero attached hydrogens (tertiary/aromatic N) is 2. The molecule has 7 heteroatoms. The van der Waals surface area contributed by atoms with Gasteiger partial charge in [-0.1, -0.05) is 6.92 Å². The van der Waals surface area contributed by atoms with Gasteiger partial charge in [0.2, 0.25) is 0 Å². The maximum Gasteiger partial charge on any atom is 0.277 e. The summed E-state index contributed by atoms with van der Waals surface area (Å²) in [5.41, 5.74) is 4.64. The number of rotatable bonds is 9. The topological polar surface area (TPSA) is 74.6 Å². The molecular formula is C23H33N3O4. The molecule has 0 fully saturated rings. The third kappa shape index (κ3) is 4.52. The summed E-state index contributed by atoms with van der Waals surface area (Å²) in [5.74, 6) is 1.39. The lowest BCUT2D eigenvalue weighted by molar-refractivity contribution is 0.126. The van der Waals surface area contributed by atoms with E-state index in [9.17, 15) is 4.79 Å². The van der Waals surface area contributed by atoms with Crippen molar-refractivity contribution in [1.29, 1.82) is 0 Å². The predicted molar refractivity (Wildman–Crippen MR) is 119 cm³/mol. The largest absolute Gasteiger partial charge is 0.496 e. The molecule has 0 spiro atoms. The number of hydrogen-bond acceptors (Lipinski definition) is 6. The minimum absolute atomic E-state index is 0.117. The average molecular weight is 416 g/mol. The van der Waals surface area contributed by atoms with Crippen molar-refractivity contribution in [2.24, 2.45) is 7.05 Å². The fourth-order valence-electron chi connectivity index (χ4n) is 4.13. The Kier molecular flexibility index (Phi) is 7.50. The van der Waals surface area contributed by atoms with E-state index >= 15 is 0 Å². The molecule has 1 aliphatic carbocycles. The van der Waals surface area contributed by atoms with E-state index in [1.165, 1.54) is 24.0 Å². The van der Waals surface area contributed by atoms with E-state index in [0.717, 1.165) is 29.8 Å². The SMILES string of the molecule is CCc1nc(-c2cc3c(cc2OC)CCCC3)n(C)c(=O)c1NC(COC)COC. The van der Waals surface area contributed by atoms with Gasteiger partial charge < -0.3 is 19.5 Å². The third-order valence-corrected chi connectivity index (χ3v) is 5.69. The Labute approximate surface area is 178 Å². The van der Waals surface area contributed by atoms with Crippen molar-refractivity contribution in [3.8, 4) is 17.1 Å². The molecule has 0 amide bonds. The van der Waals surface area contributed by atoms with Gasteiger partial charge >= 0.3 is 0 Å². The van der Waals surface area contributed by atoms with Crippen molar-refractivity contribution in [3.05, 3.63) is 39.3 Å². The number of methoxy groups -OCH3 is 3. The molecule has 7 nitrogen and oxygen atoms in total. The van der Waals surface area contributed by atoms with Crippen molar-refractivity contribution >= 4 is 5.69 Å². The van der Waals surface area contributed by atoms with Crippen LogP contribution in [0.4, 0.5) is 5.69 Å². The first kappa shape index (κ1) is 22.3. The lowest BCUT2D eigenvalue weighted by Gasteiger charge is -2.22. The fourth-order valence-corrected chi connectivity index (χ4v) is 4.13. The Bertz CT molecular complexity index is 933. The Morgan fingerprint density at radius 2 is 1.73 bits per heavy atom. The Morgan fingerprint density at radius 3 is 2.30 bits per heavy atom. The standard InChI is InChI=1S/C23H33N3O4/c1-6-19-21(24-17(13-28-3)14-29-4)23(27)26(2)22(25-19)18-11-15-9-7-8-10-16(15)12-20(18)30-5/h11-12,17,24H,6-10,13-14H2,1-5H3. The Hall–Kier alpha value is -2.38. The van der Waals surface area contributed by atoms with Gasteiger partial charge in [0.15, 0.2) is 0 Å². The van der Waals surface area contributed by atoms with Crippen LogP contribution in [0.2, 0.25) is 0 Å². The monoisotopic (exact) mass is 415 g/mol. The lowest BCUT2D eigenvalue weighted by atomic mass is 9.89. The molecule has 1 heterocycles. The van der Waals surface area contributed by atoms with E-state index in [0.29, 0.717) is 31.1 Å². The van der Waals surface area contributed by atoms with Gasteiger partial charge in [-0.05, 0) is 55.4 Å². The van der Waals surface area contributed by atoms with Gasteiger partial charge in [0.1, 0.15) is 17.3 Å². The maximum absolute atomic E-state index is 13.3. The summed E-state index contributed by atoms with van der Waals surface area (Å²) < 4.78 is 17.8. The second kappa shape index (κ2) is 10.1. The summed E-state index contributed by atoms with van der Waals surface area (Å²) in [6.45, 7) is 2.86. The van der Waals surface area contributed by atoms with Gasteiger partial charge in [0, 0.05) is 21.3 Å². The zero-order chi connectivity index (χ0) is 21.7. The second-order valence-corrected chi connectivity index (χ2v) is 7.76. The van der Waals surface area contributed by atoms with E-state index in [1.54, 1.807) is 32.9 Å². The number of ether oxygens (including phenoxy) is 3. The van der Waals surface area contributed by atoms with Crippen molar-refractivity contribution in [1.82, 2.24) is 9.55 Å². The quantitative estimate of drug-likeness (QED) is 0.679. The molecule has 1 N–H and O–H groups in total. The van der Waals surface area contributed by atoms with Crippen LogP contribution in [0.5, 0.6) is 5.75 Å². The number of anilines is 1. The molecule has 0 aliphatic heterocycles. The van der Waals surface area contributed by atoms with E-state index in [1.807, 2.05) is 6.92 Å². The van der Waals surface area contributed by atoms with Crippen molar-refractivity contribution in [2.45, 2.75) is 45.1 Å². The summed E-state index contributed by atoms with van der Waals surface area (Å²) in [6.07, 6.45) is 5.15. The molecular weight excluding hydrogens is 382 g/mol. The van der Waals surface area contributed by atoms with Crippen LogP contribution < -0.4 is 15.6 Å². The molecule has 0 saturated heterocycles. The van der Waals surface area contributed by atoms with Crippen LogP contribution in [0.25, 0.3) is 11.4 Å². The van der Waals surface area contributed by atoms with E-state index in [-0.39, 0.29) is 11.6 Å². The number of fused-ring (bicyclic) bond motifs is 1. The molecule has 2 aromatic rings. The highest BCUT2D eigenvalue weighted by Crippen LogP contribution is 2.35. The summed E-state index contributed by atoms with van der Waals surface area (Å²) in [6, 6.07) is 4.13. The Morgan fingerprint density at radius 1 is 1.10 bits per heavy atom. The van der Waals surface area contributed by atoms with Crippen LogP contribution in [0.15, 0.2) is 16.9 Å². The number of nitrogens with one attached hydrogen (secondary N) is 1. The molecule has 0 unspecified atom stereocenters. The van der Waals surface area contributed by atoms with Crippen molar-refractivity contribution in [3.63, 3.8) is 0 Å². The molecule has 0 saturated carbocycles. The van der Waals surface area contributed by atoms with Gasteiger partial charge in [-0.3, -0.25) is 9.36 Å². The number of benzene rings is 1. The summed E-state index contributed by atoms with van der Waals surface area (Å²) in [7, 11) is 6.69. The Balaban J connectivity index is 2.10. The van der Waals surface area contributed by atoms with Crippen LogP contribution in [-0.2, 0) is 35.8 Å². The first-order chi connectivity index (χ1) is 14.5. The minimum atomic E-state index is -0.135. The van der Waals surface area contributed by atoms with Gasteiger partial charge in [-0.2, -0.15) is 0 Å². The summed E-state index contributed by atoms with van der Waals surface area (Å²) in [5, 5.41) is 3.29. The number of hydrogen-bond donors (Lipinski definition) is 1. The van der Waals surface area contributed by atoms with Crippen LogP contribution in [-0.4, -0.2) is 50.1 Å². The fraction of sp³-hybridized carbons (Fsp3) is 0.565. The van der Waals surface area contributed by atoms with Crippen LogP contribution in [0.3, 0.4) is 0 Å². The minimum Gasteiger partial charge on any atom is -0.496 e. The van der Waals surface area contributed by atoms with E-state index in [2.05, 4.69) is 17.4 Å². The van der Waals surface area contributed by atoms with Gasteiger partial charge in [0.05, 0.1) is 37.6 Å². The van der Waals surface area contributed by atoms with Crippen LogP contribution in [0, 0.1) is 0 Å². The molecule has 3 rings (SSSR count). The molecule has 0 atom stereocenters. The van der Waals surface area contributed by atoms with Gasteiger partial charge in [-0.25, -0.2) is 4.98 Å². The van der Waals surface area contributed by atoms with Crippen molar-refractivity contribution < 1.29 is 14.2 Å². The highest BCUT2D eigenvalue weighted by Gasteiger charge is 2.22. The third-order valence-electron chi connectivity index (χ3n) is 5.69. The molecule has 30 heavy (non-hydrogen) atoms. The normalized spacial score (nSPS) is 13.4. The van der Waals surface area contributed by atoms with E-state index in [4.69, 9.17) is 19.2 Å². The average Bonchev–Trinajstić information content (AvgIpc) is 2.76. The number of aryl methyl sites for hydroxylation is 3. The highest BCUT2D eigenvalue weighted by molar-refractivity contribution is 5.68. The molecule has 1 aliphatic rings. The predicted octanol–water partition coefficient (Wildman–Crippen LogP) is 2.97. The highest BCUT2D eigenvalue weighted by atomic mass is 16.5. The zero-order valence-corrected chi connectivity index (χ0v) is 18.7. The number of aromatic nitrogens is 2. The first-order valence-corrected chi connectivity index (χ1v) is 10.6. The maximum atomic E-state index is 13.3. The first-order valence-electron chi connectivity index (χ1n) is 10.6. The van der Waals surface area contributed by atoms with Crippen LogP contribution >= 0.6 is 0 Å². The molecule has 164 valence electrons. The van der Waals surface area contributed by atoms with Gasteiger partial charge in [0.25, 0.3) is 5.56 Å². The molecule has 1 aromatic heterocycles. The smallest absolute Gasteiger partial charge is 0.277 e. The molecule has 0 bridgehead atoms. The van der Waals surface area contributed by atoms with Crippen LogP contribution in [0.1, 0.15) is 36.6 Å². The summed E-state index contributed by atoms with van der Waals surface area (Å²) in [4.78, 5) is 18.2. The summed E-state index contributed by atoms with van der Waals surface area (Å²) >= 11 is 0. The zero-order valence-electron chi connectivity index (χ0n) is 18.7. The van der Waals surface area contributed by atoms with E-state index < -0.39 is 0 Å².